The van der Waals surface area contributed by atoms with Crippen LogP contribution in [0.25, 0.3) is 0 Å². The van der Waals surface area contributed by atoms with Gasteiger partial charge in [0, 0.05) is 24.5 Å². The van der Waals surface area contributed by atoms with Crippen LogP contribution in [0.5, 0.6) is 0 Å². The summed E-state index contributed by atoms with van der Waals surface area (Å²) in [6, 6.07) is 5.54. The van der Waals surface area contributed by atoms with Gasteiger partial charge in [-0.1, -0.05) is 0 Å². The van der Waals surface area contributed by atoms with Crippen molar-refractivity contribution in [2.24, 2.45) is 0 Å². The third-order valence-electron chi connectivity index (χ3n) is 4.11. The number of nitriles is 1. The van der Waals surface area contributed by atoms with Crippen molar-refractivity contribution in [3.05, 3.63) is 62.8 Å². The van der Waals surface area contributed by atoms with Crippen LogP contribution in [0.4, 0.5) is 0 Å². The average molecular weight is 324 g/mol. The number of aromatic nitrogens is 2. The second-order valence-corrected chi connectivity index (χ2v) is 5.74. The van der Waals surface area contributed by atoms with Gasteiger partial charge in [0.25, 0.3) is 5.56 Å². The van der Waals surface area contributed by atoms with Crippen LogP contribution >= 0.6 is 0 Å². The molecule has 1 unspecified atom stereocenters. The summed E-state index contributed by atoms with van der Waals surface area (Å²) in [5.41, 5.74) is 2.91. The normalized spacial score (nSPS) is 11.6. The molecule has 6 nitrogen and oxygen atoms in total. The summed E-state index contributed by atoms with van der Waals surface area (Å²) in [6.07, 6.45) is 4.13. The van der Waals surface area contributed by atoms with E-state index in [-0.39, 0.29) is 29.5 Å². The van der Waals surface area contributed by atoms with E-state index in [1.807, 2.05) is 25.1 Å². The number of aryl methyl sites for hydroxylation is 1. The number of aromatic amines is 1. The van der Waals surface area contributed by atoms with Crippen molar-refractivity contribution in [1.29, 1.82) is 5.26 Å². The van der Waals surface area contributed by atoms with Crippen LogP contribution in [0.15, 0.2) is 29.3 Å². The van der Waals surface area contributed by atoms with Gasteiger partial charge in [-0.3, -0.25) is 14.6 Å². The molecule has 0 aromatic carbocycles. The fourth-order valence-corrected chi connectivity index (χ4v) is 2.71. The van der Waals surface area contributed by atoms with Crippen molar-refractivity contribution in [3.8, 4) is 6.07 Å². The lowest BCUT2D eigenvalue weighted by Gasteiger charge is -2.15. The molecular weight excluding hydrogens is 304 g/mol. The Morgan fingerprint density at radius 2 is 2.04 bits per heavy atom. The Bertz CT molecular complexity index is 835. The Balaban J connectivity index is 2.05. The Kier molecular flexibility index (Phi) is 5.48. The van der Waals surface area contributed by atoms with Gasteiger partial charge in [-0.05, 0) is 56.0 Å². The highest BCUT2D eigenvalue weighted by atomic mass is 16.1. The highest BCUT2D eigenvalue weighted by molar-refractivity contribution is 5.76. The van der Waals surface area contributed by atoms with Gasteiger partial charge in [-0.2, -0.15) is 5.26 Å². The van der Waals surface area contributed by atoms with E-state index < -0.39 is 0 Å². The van der Waals surface area contributed by atoms with Gasteiger partial charge in [-0.25, -0.2) is 0 Å². The smallest absolute Gasteiger partial charge is 0.266 e. The third kappa shape index (κ3) is 3.87. The van der Waals surface area contributed by atoms with Crippen LogP contribution in [0.1, 0.15) is 47.3 Å². The zero-order chi connectivity index (χ0) is 17.7. The number of nitrogens with one attached hydrogen (secondary N) is 2. The molecule has 0 spiro atoms. The van der Waals surface area contributed by atoms with E-state index in [0.29, 0.717) is 17.7 Å². The van der Waals surface area contributed by atoms with Crippen LogP contribution in [-0.4, -0.2) is 15.9 Å². The van der Waals surface area contributed by atoms with E-state index >= 15 is 0 Å². The van der Waals surface area contributed by atoms with Crippen molar-refractivity contribution in [2.45, 2.75) is 39.7 Å². The molecule has 2 N–H and O–H groups in total. The molecule has 0 aliphatic rings. The fourth-order valence-electron chi connectivity index (χ4n) is 2.71. The van der Waals surface area contributed by atoms with E-state index in [1.54, 1.807) is 26.2 Å². The van der Waals surface area contributed by atoms with E-state index in [9.17, 15) is 9.59 Å². The van der Waals surface area contributed by atoms with Crippen LogP contribution in [0.3, 0.4) is 0 Å². The predicted molar refractivity (Wildman–Crippen MR) is 90.4 cm³/mol. The average Bonchev–Trinajstić information content (AvgIpc) is 2.55. The maximum atomic E-state index is 12.2. The van der Waals surface area contributed by atoms with E-state index in [1.165, 1.54) is 0 Å². The van der Waals surface area contributed by atoms with E-state index in [0.717, 1.165) is 11.1 Å². The number of hydrogen-bond donors (Lipinski definition) is 2. The van der Waals surface area contributed by atoms with Gasteiger partial charge >= 0.3 is 0 Å². The minimum Gasteiger partial charge on any atom is -0.350 e. The Labute approximate surface area is 140 Å². The van der Waals surface area contributed by atoms with Gasteiger partial charge < -0.3 is 10.3 Å². The van der Waals surface area contributed by atoms with Gasteiger partial charge in [0.2, 0.25) is 5.91 Å². The number of pyridine rings is 2. The molecule has 0 bridgehead atoms. The predicted octanol–water partition coefficient (Wildman–Crippen LogP) is 2.07. The van der Waals surface area contributed by atoms with E-state index in [4.69, 9.17) is 5.26 Å². The molecule has 6 heteroatoms. The van der Waals surface area contributed by atoms with Crippen molar-refractivity contribution in [1.82, 2.24) is 15.3 Å². The van der Waals surface area contributed by atoms with Crippen LogP contribution < -0.4 is 10.9 Å². The second-order valence-electron chi connectivity index (χ2n) is 5.74. The standard InChI is InChI=1S/C18H20N4O2/c1-11-15(13(3)22-18(24)16(11)10-19)4-5-17(23)21-12(2)14-6-8-20-9-7-14/h6-9,12H,4-5H2,1-3H3,(H,21,23)(H,22,24). The zero-order valence-corrected chi connectivity index (χ0v) is 14.0. The molecule has 2 aromatic rings. The summed E-state index contributed by atoms with van der Waals surface area (Å²) in [5.74, 6) is -0.0807. The topological polar surface area (TPSA) is 98.6 Å². The Hall–Kier alpha value is -2.94. The number of rotatable bonds is 5. The van der Waals surface area contributed by atoms with Crippen LogP contribution in [0, 0.1) is 25.2 Å². The fraction of sp³-hybridized carbons (Fsp3) is 0.333. The first-order valence-electron chi connectivity index (χ1n) is 7.75. The summed E-state index contributed by atoms with van der Waals surface area (Å²) in [6.45, 7) is 5.44. The Morgan fingerprint density at radius 3 is 2.67 bits per heavy atom. The van der Waals surface area contributed by atoms with Crippen molar-refractivity contribution < 1.29 is 4.79 Å². The summed E-state index contributed by atoms with van der Waals surface area (Å²) < 4.78 is 0. The molecular formula is C18H20N4O2. The molecule has 0 saturated carbocycles. The summed E-state index contributed by atoms with van der Waals surface area (Å²) >= 11 is 0. The molecule has 1 amide bonds. The molecule has 124 valence electrons. The van der Waals surface area contributed by atoms with E-state index in [2.05, 4.69) is 15.3 Å². The molecule has 0 radical (unpaired) electrons. The lowest BCUT2D eigenvalue weighted by atomic mass is 9.99. The van der Waals surface area contributed by atoms with Gasteiger partial charge in [0.1, 0.15) is 11.6 Å². The molecule has 2 heterocycles. The Morgan fingerprint density at radius 1 is 1.38 bits per heavy atom. The molecule has 24 heavy (non-hydrogen) atoms. The first-order chi connectivity index (χ1) is 11.4. The number of H-pyrrole nitrogens is 1. The third-order valence-corrected chi connectivity index (χ3v) is 4.11. The van der Waals surface area contributed by atoms with Gasteiger partial charge in [-0.15, -0.1) is 0 Å². The first-order valence-corrected chi connectivity index (χ1v) is 7.75. The SMILES string of the molecule is Cc1[nH]c(=O)c(C#N)c(C)c1CCC(=O)NC(C)c1ccncc1. The zero-order valence-electron chi connectivity index (χ0n) is 14.0. The number of nitrogens with zero attached hydrogens (tertiary/aromatic N) is 2. The molecule has 2 rings (SSSR count). The van der Waals surface area contributed by atoms with Crippen molar-refractivity contribution >= 4 is 5.91 Å². The van der Waals surface area contributed by atoms with Crippen molar-refractivity contribution in [3.63, 3.8) is 0 Å². The highest BCUT2D eigenvalue weighted by Gasteiger charge is 2.14. The lowest BCUT2D eigenvalue weighted by molar-refractivity contribution is -0.121. The molecule has 2 aromatic heterocycles. The quantitative estimate of drug-likeness (QED) is 0.879. The molecule has 0 aliphatic carbocycles. The first kappa shape index (κ1) is 17.4. The molecule has 0 saturated heterocycles. The van der Waals surface area contributed by atoms with Gasteiger partial charge in [0.15, 0.2) is 0 Å². The lowest BCUT2D eigenvalue weighted by Crippen LogP contribution is -2.27. The van der Waals surface area contributed by atoms with Gasteiger partial charge in [0.05, 0.1) is 6.04 Å². The number of carbonyl (C=O) groups excluding carboxylic acids is 1. The summed E-state index contributed by atoms with van der Waals surface area (Å²) in [4.78, 5) is 30.5. The molecule has 0 aliphatic heterocycles. The van der Waals surface area contributed by atoms with Crippen LogP contribution in [-0.2, 0) is 11.2 Å². The number of amides is 1. The summed E-state index contributed by atoms with van der Waals surface area (Å²) in [7, 11) is 0. The second kappa shape index (κ2) is 7.55. The molecule has 0 fully saturated rings. The molecule has 1 atom stereocenters. The minimum atomic E-state index is -0.382. The highest BCUT2D eigenvalue weighted by Crippen LogP contribution is 2.16. The maximum Gasteiger partial charge on any atom is 0.266 e. The summed E-state index contributed by atoms with van der Waals surface area (Å²) in [5, 5.41) is 12.0. The van der Waals surface area contributed by atoms with Crippen LogP contribution in [0.2, 0.25) is 0 Å². The van der Waals surface area contributed by atoms with Crippen molar-refractivity contribution in [2.75, 3.05) is 0 Å². The minimum absolute atomic E-state index is 0.0807. The number of carbonyl (C=O) groups is 1. The number of hydrogen-bond acceptors (Lipinski definition) is 4. The largest absolute Gasteiger partial charge is 0.350 e. The monoisotopic (exact) mass is 324 g/mol. The maximum absolute atomic E-state index is 12.2.